The van der Waals surface area contributed by atoms with Crippen LogP contribution in [0, 0.1) is 5.82 Å². The van der Waals surface area contributed by atoms with Gasteiger partial charge in [0.05, 0.1) is 13.2 Å². The van der Waals surface area contributed by atoms with Gasteiger partial charge in [0, 0.05) is 0 Å². The fraction of sp³-hybridized carbons (Fsp3) is 0.294. The molecule has 1 N–H and O–H groups in total. The van der Waals surface area contributed by atoms with Crippen LogP contribution < -0.4 is 9.47 Å². The molecule has 21 heavy (non-hydrogen) atoms. The summed E-state index contributed by atoms with van der Waals surface area (Å²) >= 11 is 0. The maximum Gasteiger partial charge on any atom is 0.165 e. The van der Waals surface area contributed by atoms with Gasteiger partial charge in [-0.15, -0.1) is 0 Å². The summed E-state index contributed by atoms with van der Waals surface area (Å²) in [5, 5.41) is 9.71. The van der Waals surface area contributed by atoms with E-state index in [4.69, 9.17) is 9.47 Å². The lowest BCUT2D eigenvalue weighted by Gasteiger charge is -2.10. The molecule has 0 aromatic heterocycles. The number of hydrogen-bond acceptors (Lipinski definition) is 3. The molecule has 0 aliphatic heterocycles. The maximum absolute atomic E-state index is 13.5. The van der Waals surface area contributed by atoms with Crippen LogP contribution in [0.25, 0.3) is 0 Å². The van der Waals surface area contributed by atoms with Crippen molar-refractivity contribution in [3.63, 3.8) is 0 Å². The van der Waals surface area contributed by atoms with Gasteiger partial charge in [0.15, 0.2) is 11.6 Å². The maximum atomic E-state index is 13.5. The first-order valence-corrected chi connectivity index (χ1v) is 6.87. The predicted octanol–water partition coefficient (Wildman–Crippen LogP) is 3.86. The number of rotatable bonds is 6. The van der Waals surface area contributed by atoms with Crippen LogP contribution >= 0.6 is 0 Å². The fourth-order valence-corrected chi connectivity index (χ4v) is 1.99. The van der Waals surface area contributed by atoms with Gasteiger partial charge >= 0.3 is 0 Å². The van der Waals surface area contributed by atoms with Gasteiger partial charge in [-0.2, -0.15) is 0 Å². The predicted molar refractivity (Wildman–Crippen MR) is 79.0 cm³/mol. The van der Waals surface area contributed by atoms with E-state index in [9.17, 15) is 9.50 Å². The molecule has 0 saturated carbocycles. The summed E-state index contributed by atoms with van der Waals surface area (Å²) in [6.45, 7) is 2.20. The van der Waals surface area contributed by atoms with Crippen LogP contribution in [-0.2, 0) is 6.61 Å². The lowest BCUT2D eigenvalue weighted by atomic mass is 10.1. The molecule has 0 radical (unpaired) electrons. The molecule has 112 valence electrons. The number of ether oxygens (including phenoxy) is 2. The summed E-state index contributed by atoms with van der Waals surface area (Å²) in [6.07, 6.45) is 0.223. The van der Waals surface area contributed by atoms with Crippen LogP contribution in [0.2, 0.25) is 0 Å². The van der Waals surface area contributed by atoms with Crippen LogP contribution in [0.4, 0.5) is 4.39 Å². The average molecular weight is 290 g/mol. The van der Waals surface area contributed by atoms with E-state index in [-0.39, 0.29) is 12.4 Å². The van der Waals surface area contributed by atoms with E-state index in [1.807, 2.05) is 19.1 Å². The first kappa shape index (κ1) is 15.3. The third-order valence-corrected chi connectivity index (χ3v) is 3.27. The van der Waals surface area contributed by atoms with Crippen molar-refractivity contribution in [2.24, 2.45) is 0 Å². The monoisotopic (exact) mass is 290 g/mol. The highest BCUT2D eigenvalue weighted by molar-refractivity contribution is 5.31. The number of aliphatic hydroxyl groups excluding tert-OH is 1. The Morgan fingerprint density at radius 1 is 1.14 bits per heavy atom. The minimum Gasteiger partial charge on any atom is -0.494 e. The zero-order valence-corrected chi connectivity index (χ0v) is 12.2. The molecule has 0 amide bonds. The van der Waals surface area contributed by atoms with Gasteiger partial charge in [-0.25, -0.2) is 4.39 Å². The van der Waals surface area contributed by atoms with Gasteiger partial charge in [-0.05, 0) is 41.8 Å². The van der Waals surface area contributed by atoms with Crippen molar-refractivity contribution in [3.8, 4) is 11.5 Å². The van der Waals surface area contributed by atoms with Crippen molar-refractivity contribution in [1.82, 2.24) is 0 Å². The fourth-order valence-electron chi connectivity index (χ4n) is 1.99. The van der Waals surface area contributed by atoms with Gasteiger partial charge < -0.3 is 14.6 Å². The lowest BCUT2D eigenvalue weighted by Crippen LogP contribution is -1.98. The van der Waals surface area contributed by atoms with Gasteiger partial charge in [0.25, 0.3) is 0 Å². The number of aliphatic hydroxyl groups is 1. The minimum absolute atomic E-state index is 0.219. The first-order chi connectivity index (χ1) is 10.1. The zero-order chi connectivity index (χ0) is 15.2. The Kier molecular flexibility index (Phi) is 5.17. The van der Waals surface area contributed by atoms with E-state index in [1.54, 1.807) is 24.3 Å². The summed E-state index contributed by atoms with van der Waals surface area (Å²) in [4.78, 5) is 0. The van der Waals surface area contributed by atoms with Gasteiger partial charge in [0.2, 0.25) is 0 Å². The lowest BCUT2D eigenvalue weighted by molar-refractivity contribution is 0.173. The van der Waals surface area contributed by atoms with E-state index < -0.39 is 11.9 Å². The van der Waals surface area contributed by atoms with Crippen molar-refractivity contribution in [2.75, 3.05) is 7.11 Å². The van der Waals surface area contributed by atoms with Crippen LogP contribution in [0.15, 0.2) is 42.5 Å². The number of hydrogen-bond donors (Lipinski definition) is 1. The van der Waals surface area contributed by atoms with E-state index in [2.05, 4.69) is 0 Å². The molecule has 0 heterocycles. The highest BCUT2D eigenvalue weighted by atomic mass is 19.1. The normalized spacial score (nSPS) is 12.0. The number of benzene rings is 2. The highest BCUT2D eigenvalue weighted by Crippen LogP contribution is 2.22. The molecule has 0 unspecified atom stereocenters. The van der Waals surface area contributed by atoms with Crippen molar-refractivity contribution in [1.29, 1.82) is 0 Å². The summed E-state index contributed by atoms with van der Waals surface area (Å²) in [6, 6.07) is 12.0. The zero-order valence-electron chi connectivity index (χ0n) is 12.2. The molecule has 4 heteroatoms. The van der Waals surface area contributed by atoms with Crippen molar-refractivity contribution in [3.05, 3.63) is 59.4 Å². The summed E-state index contributed by atoms with van der Waals surface area (Å²) in [5.41, 5.74) is 1.59. The highest BCUT2D eigenvalue weighted by Gasteiger charge is 2.06. The summed E-state index contributed by atoms with van der Waals surface area (Å²) in [7, 11) is 1.43. The van der Waals surface area contributed by atoms with Gasteiger partial charge in [-0.3, -0.25) is 0 Å². The molecule has 0 aliphatic carbocycles. The largest absolute Gasteiger partial charge is 0.494 e. The number of halogens is 1. The standard InChI is InChI=1S/C17H19FO3/c1-3-16(19)13-5-7-14(8-6-13)21-11-12-4-9-17(20-2)15(18)10-12/h4-10,16,19H,3,11H2,1-2H3/t16-/m1/s1. The Balaban J connectivity index is 1.98. The third kappa shape index (κ3) is 3.95. The summed E-state index contributed by atoms with van der Waals surface area (Å²) in [5.74, 6) is 0.495. The average Bonchev–Trinajstić information content (AvgIpc) is 2.52. The molecule has 3 nitrogen and oxygen atoms in total. The quantitative estimate of drug-likeness (QED) is 0.878. The molecule has 1 atom stereocenters. The van der Waals surface area contributed by atoms with Crippen LogP contribution in [0.1, 0.15) is 30.6 Å². The topological polar surface area (TPSA) is 38.7 Å². The van der Waals surface area contributed by atoms with Crippen molar-refractivity contribution in [2.45, 2.75) is 26.1 Å². The minimum atomic E-state index is -0.449. The molecular weight excluding hydrogens is 271 g/mol. The Hall–Kier alpha value is -2.07. The summed E-state index contributed by atoms with van der Waals surface area (Å²) < 4.78 is 24.0. The SMILES string of the molecule is CC[C@@H](O)c1ccc(OCc2ccc(OC)c(F)c2)cc1. The van der Waals surface area contributed by atoms with E-state index in [0.29, 0.717) is 12.2 Å². The molecule has 0 bridgehead atoms. The second kappa shape index (κ2) is 7.09. The van der Waals surface area contributed by atoms with Gasteiger partial charge in [0.1, 0.15) is 12.4 Å². The second-order valence-electron chi connectivity index (χ2n) is 4.75. The van der Waals surface area contributed by atoms with Gasteiger partial charge in [-0.1, -0.05) is 25.1 Å². The molecular formula is C17H19FO3. The molecule has 0 spiro atoms. The third-order valence-electron chi connectivity index (χ3n) is 3.27. The van der Waals surface area contributed by atoms with E-state index in [0.717, 1.165) is 11.1 Å². The van der Waals surface area contributed by atoms with Crippen LogP contribution in [0.3, 0.4) is 0 Å². The molecule has 2 aromatic rings. The Labute approximate surface area is 124 Å². The van der Waals surface area contributed by atoms with E-state index in [1.165, 1.54) is 13.2 Å². The Morgan fingerprint density at radius 2 is 1.86 bits per heavy atom. The molecule has 0 aliphatic rings. The Morgan fingerprint density at radius 3 is 2.43 bits per heavy atom. The Bertz CT molecular complexity index is 581. The second-order valence-corrected chi connectivity index (χ2v) is 4.75. The van der Waals surface area contributed by atoms with Crippen molar-refractivity contribution < 1.29 is 19.0 Å². The smallest absolute Gasteiger partial charge is 0.165 e. The van der Waals surface area contributed by atoms with E-state index >= 15 is 0 Å². The van der Waals surface area contributed by atoms with Crippen LogP contribution in [0.5, 0.6) is 11.5 Å². The van der Waals surface area contributed by atoms with Crippen molar-refractivity contribution >= 4 is 0 Å². The molecule has 2 aromatic carbocycles. The first-order valence-electron chi connectivity index (χ1n) is 6.87. The number of methoxy groups -OCH3 is 1. The molecule has 2 rings (SSSR count). The van der Waals surface area contributed by atoms with Crippen LogP contribution in [-0.4, -0.2) is 12.2 Å². The molecule has 0 saturated heterocycles. The molecule has 0 fully saturated rings.